The van der Waals surface area contributed by atoms with Crippen molar-refractivity contribution in [3.8, 4) is 0 Å². The Morgan fingerprint density at radius 1 is 1.05 bits per heavy atom. The average Bonchev–Trinajstić information content (AvgIpc) is 3.35. The van der Waals surface area contributed by atoms with Gasteiger partial charge in [-0.15, -0.1) is 0 Å². The lowest BCUT2D eigenvalue weighted by atomic mass is 9.86. The smallest absolute Gasteiger partial charge is 0.435 e. The lowest BCUT2D eigenvalue weighted by molar-refractivity contribution is -0.143. The number of carbonyl (C=O) groups is 2. The van der Waals surface area contributed by atoms with Gasteiger partial charge in [-0.1, -0.05) is 41.4 Å². The topological polar surface area (TPSA) is 75.4 Å². The van der Waals surface area contributed by atoms with Gasteiger partial charge in [0.25, 0.3) is 5.91 Å². The lowest BCUT2D eigenvalue weighted by Crippen LogP contribution is -2.34. The molecular weight excluding hydrogens is 580 g/mol. The predicted molar refractivity (Wildman–Crippen MR) is 137 cm³/mol. The maximum absolute atomic E-state index is 15.6. The number of aliphatic carboxylic acids is 1. The van der Waals surface area contributed by atoms with Crippen molar-refractivity contribution in [2.45, 2.75) is 50.6 Å². The van der Waals surface area contributed by atoms with Crippen LogP contribution in [0.15, 0.2) is 48.7 Å². The molecule has 13 heteroatoms. The second kappa shape index (κ2) is 12.1. The Bertz CT molecular complexity index is 1350. The molecule has 1 heterocycles. The third-order valence-corrected chi connectivity index (χ3v) is 7.58. The molecule has 6 nitrogen and oxygen atoms in total. The molecule has 0 spiro atoms. The second-order valence-electron chi connectivity index (χ2n) is 9.63. The Labute approximate surface area is 236 Å². The summed E-state index contributed by atoms with van der Waals surface area (Å²) in [6.07, 6.45) is -4.95. The van der Waals surface area contributed by atoms with Crippen molar-refractivity contribution in [3.05, 3.63) is 86.9 Å². The molecule has 1 amide bonds. The van der Waals surface area contributed by atoms with Gasteiger partial charge in [0.2, 0.25) is 0 Å². The molecule has 1 fully saturated rings. The molecule has 0 aliphatic heterocycles. The molecule has 1 aliphatic rings. The van der Waals surface area contributed by atoms with Crippen LogP contribution in [0.25, 0.3) is 0 Å². The molecule has 1 atom stereocenters. The van der Waals surface area contributed by atoms with Crippen molar-refractivity contribution in [1.29, 1.82) is 0 Å². The fourth-order valence-electron chi connectivity index (χ4n) is 4.83. The average molecular weight is 604 g/mol. The third kappa shape index (κ3) is 6.75. The molecule has 2 aromatic carbocycles. The number of hydrogen-bond acceptors (Lipinski definition) is 3. The number of amides is 1. The van der Waals surface area contributed by atoms with Gasteiger partial charge in [0, 0.05) is 28.4 Å². The quantitative estimate of drug-likeness (QED) is 0.270. The van der Waals surface area contributed by atoms with E-state index in [-0.39, 0.29) is 47.8 Å². The van der Waals surface area contributed by atoms with Crippen molar-refractivity contribution in [2.24, 2.45) is 5.92 Å². The molecule has 0 bridgehead atoms. The number of hydrogen-bond donors (Lipinski definition) is 1. The van der Waals surface area contributed by atoms with Crippen molar-refractivity contribution < 1.29 is 36.6 Å². The molecule has 1 aliphatic carbocycles. The van der Waals surface area contributed by atoms with Crippen LogP contribution in [-0.2, 0) is 17.5 Å². The molecule has 4 rings (SSSR count). The van der Waals surface area contributed by atoms with E-state index in [1.807, 2.05) is 0 Å². The first-order valence-corrected chi connectivity index (χ1v) is 13.1. The molecule has 1 saturated carbocycles. The highest BCUT2D eigenvalue weighted by Gasteiger charge is 2.41. The SMILES string of the molecule is O=C(O)C1CCC(n2cc(C(=O)N(Cc3ccc(F)cc3)CC(F)c3c(Cl)cccc3Cl)c(C(F)(F)F)n2)CC1. The summed E-state index contributed by atoms with van der Waals surface area (Å²) in [6.45, 7) is -1.04. The van der Waals surface area contributed by atoms with Gasteiger partial charge in [-0.2, -0.15) is 18.3 Å². The standard InChI is InChI=1S/C27H24Cl2F5N3O3/c28-20-2-1-3-21(29)23(20)22(31)14-36(12-15-4-8-17(30)9-5-15)25(38)19-13-37(35-24(19)27(32,33)34)18-10-6-16(7-11-18)26(39)40/h1-5,8-9,13,16,18,22H,6-7,10-12,14H2,(H,39,40). The number of carboxylic acids is 1. The highest BCUT2D eigenvalue weighted by Crippen LogP contribution is 2.37. The number of alkyl halides is 4. The van der Waals surface area contributed by atoms with E-state index in [0.717, 1.165) is 27.9 Å². The van der Waals surface area contributed by atoms with Crippen molar-refractivity contribution >= 4 is 35.1 Å². The number of aromatic nitrogens is 2. The number of carboxylic acid groups (broad SMARTS) is 1. The summed E-state index contributed by atoms with van der Waals surface area (Å²) in [5, 5.41) is 12.9. The minimum Gasteiger partial charge on any atom is -0.481 e. The van der Waals surface area contributed by atoms with E-state index in [0.29, 0.717) is 5.56 Å². The van der Waals surface area contributed by atoms with Gasteiger partial charge in [-0.3, -0.25) is 14.3 Å². The zero-order valence-electron chi connectivity index (χ0n) is 20.8. The Morgan fingerprint density at radius 2 is 1.65 bits per heavy atom. The highest BCUT2D eigenvalue weighted by molar-refractivity contribution is 6.36. The highest BCUT2D eigenvalue weighted by atomic mass is 35.5. The first kappa shape index (κ1) is 29.8. The summed E-state index contributed by atoms with van der Waals surface area (Å²) >= 11 is 12.2. The molecule has 1 aromatic heterocycles. The van der Waals surface area contributed by atoms with Crippen LogP contribution in [0.2, 0.25) is 10.0 Å². The fraction of sp³-hybridized carbons (Fsp3) is 0.370. The first-order valence-electron chi connectivity index (χ1n) is 12.4. The largest absolute Gasteiger partial charge is 0.481 e. The summed E-state index contributed by atoms with van der Waals surface area (Å²) in [7, 11) is 0. The molecule has 1 unspecified atom stereocenters. The minimum atomic E-state index is -5.00. The lowest BCUT2D eigenvalue weighted by Gasteiger charge is -2.26. The normalized spacial score (nSPS) is 18.4. The minimum absolute atomic E-state index is 0.0186. The van der Waals surface area contributed by atoms with Gasteiger partial charge in [0.15, 0.2) is 5.69 Å². The summed E-state index contributed by atoms with van der Waals surface area (Å²) in [5.41, 5.74) is -2.00. The van der Waals surface area contributed by atoms with E-state index >= 15 is 4.39 Å². The number of benzene rings is 2. The van der Waals surface area contributed by atoms with Crippen LogP contribution in [0.3, 0.4) is 0 Å². The van der Waals surface area contributed by atoms with Gasteiger partial charge in [-0.25, -0.2) is 8.78 Å². The molecule has 214 valence electrons. The van der Waals surface area contributed by atoms with Crippen LogP contribution < -0.4 is 0 Å². The maximum Gasteiger partial charge on any atom is 0.435 e. The molecule has 1 N–H and O–H groups in total. The van der Waals surface area contributed by atoms with E-state index in [4.69, 9.17) is 23.2 Å². The predicted octanol–water partition coefficient (Wildman–Crippen LogP) is 7.52. The molecular formula is C27H24Cl2F5N3O3. The summed E-state index contributed by atoms with van der Waals surface area (Å²) in [4.78, 5) is 25.8. The summed E-state index contributed by atoms with van der Waals surface area (Å²) in [5.74, 6) is -3.28. The Kier molecular flexibility index (Phi) is 9.04. The maximum atomic E-state index is 15.6. The van der Waals surface area contributed by atoms with Gasteiger partial charge in [0.05, 0.1) is 24.1 Å². The number of rotatable bonds is 8. The summed E-state index contributed by atoms with van der Waals surface area (Å²) in [6, 6.07) is 8.64. The van der Waals surface area contributed by atoms with Gasteiger partial charge < -0.3 is 10.0 Å². The zero-order chi connectivity index (χ0) is 29.2. The number of halogens is 7. The van der Waals surface area contributed by atoms with E-state index in [9.17, 15) is 32.3 Å². The van der Waals surface area contributed by atoms with Crippen molar-refractivity contribution in [2.75, 3.05) is 6.54 Å². The van der Waals surface area contributed by atoms with Gasteiger partial charge in [0.1, 0.15) is 12.0 Å². The first-order chi connectivity index (χ1) is 18.8. The van der Waals surface area contributed by atoms with Crippen LogP contribution in [0, 0.1) is 11.7 Å². The number of nitrogens with zero attached hydrogens (tertiary/aromatic N) is 3. The van der Waals surface area contributed by atoms with Crippen LogP contribution in [-0.4, -0.2) is 38.2 Å². The Morgan fingerprint density at radius 3 is 2.20 bits per heavy atom. The monoisotopic (exact) mass is 603 g/mol. The number of carbonyl (C=O) groups excluding carboxylic acids is 1. The van der Waals surface area contributed by atoms with Crippen molar-refractivity contribution in [1.82, 2.24) is 14.7 Å². The van der Waals surface area contributed by atoms with Gasteiger partial charge in [-0.05, 0) is 55.5 Å². The van der Waals surface area contributed by atoms with Gasteiger partial charge >= 0.3 is 12.1 Å². The Hall–Kier alpha value is -3.18. The molecule has 3 aromatic rings. The molecule has 0 radical (unpaired) electrons. The van der Waals surface area contributed by atoms with E-state index in [1.165, 1.54) is 30.3 Å². The third-order valence-electron chi connectivity index (χ3n) is 6.92. The summed E-state index contributed by atoms with van der Waals surface area (Å²) < 4.78 is 72.2. The van der Waals surface area contributed by atoms with E-state index < -0.39 is 59.8 Å². The molecule has 0 saturated heterocycles. The van der Waals surface area contributed by atoms with Crippen LogP contribution in [0.4, 0.5) is 22.0 Å². The van der Waals surface area contributed by atoms with Crippen LogP contribution in [0.1, 0.15) is 65.1 Å². The van der Waals surface area contributed by atoms with E-state index in [2.05, 4.69) is 5.10 Å². The Balaban J connectivity index is 1.69. The van der Waals surface area contributed by atoms with Crippen molar-refractivity contribution in [3.63, 3.8) is 0 Å². The van der Waals surface area contributed by atoms with Crippen LogP contribution in [0.5, 0.6) is 0 Å². The zero-order valence-corrected chi connectivity index (χ0v) is 22.4. The van der Waals surface area contributed by atoms with E-state index in [1.54, 1.807) is 0 Å². The molecule has 40 heavy (non-hydrogen) atoms. The fourth-order valence-corrected chi connectivity index (χ4v) is 5.46. The van der Waals surface area contributed by atoms with Crippen LogP contribution >= 0.6 is 23.2 Å². The second-order valence-corrected chi connectivity index (χ2v) is 10.4.